The van der Waals surface area contributed by atoms with Crippen LogP contribution in [-0.2, 0) is 0 Å². The standard InChI is InChI=1S/C12H20N2/c1-2-14(11-7-6-10-13)12-8-4-3-5-9-12/h3-5,8-9H,2,6-7,10-11,13H2,1H3. The molecule has 78 valence electrons. The molecule has 0 atom stereocenters. The first kappa shape index (κ1) is 11.1. The number of hydrogen-bond acceptors (Lipinski definition) is 2. The van der Waals surface area contributed by atoms with Gasteiger partial charge < -0.3 is 10.6 Å². The molecule has 0 unspecified atom stereocenters. The summed E-state index contributed by atoms with van der Waals surface area (Å²) in [5.74, 6) is 0. The van der Waals surface area contributed by atoms with Crippen molar-refractivity contribution in [2.75, 3.05) is 24.5 Å². The lowest BCUT2D eigenvalue weighted by atomic mass is 10.2. The molecule has 0 spiro atoms. The van der Waals surface area contributed by atoms with Gasteiger partial charge in [0.15, 0.2) is 0 Å². The second kappa shape index (κ2) is 6.44. The number of nitrogens with two attached hydrogens (primary N) is 1. The molecule has 0 heterocycles. The van der Waals surface area contributed by atoms with E-state index in [1.54, 1.807) is 0 Å². The monoisotopic (exact) mass is 192 g/mol. The van der Waals surface area contributed by atoms with Crippen LogP contribution in [0.3, 0.4) is 0 Å². The Hall–Kier alpha value is -1.02. The van der Waals surface area contributed by atoms with Crippen LogP contribution in [-0.4, -0.2) is 19.6 Å². The van der Waals surface area contributed by atoms with E-state index in [1.807, 2.05) is 0 Å². The highest BCUT2D eigenvalue weighted by Gasteiger charge is 2.01. The fourth-order valence-corrected chi connectivity index (χ4v) is 1.56. The minimum Gasteiger partial charge on any atom is -0.372 e. The van der Waals surface area contributed by atoms with Crippen molar-refractivity contribution in [2.45, 2.75) is 19.8 Å². The van der Waals surface area contributed by atoms with Gasteiger partial charge >= 0.3 is 0 Å². The van der Waals surface area contributed by atoms with Gasteiger partial charge in [-0.25, -0.2) is 0 Å². The zero-order valence-corrected chi connectivity index (χ0v) is 8.95. The molecule has 2 nitrogen and oxygen atoms in total. The van der Waals surface area contributed by atoms with Crippen LogP contribution in [0.2, 0.25) is 0 Å². The highest BCUT2D eigenvalue weighted by molar-refractivity contribution is 5.45. The lowest BCUT2D eigenvalue weighted by Gasteiger charge is -2.22. The predicted molar refractivity (Wildman–Crippen MR) is 62.6 cm³/mol. The van der Waals surface area contributed by atoms with Gasteiger partial charge in [0.2, 0.25) is 0 Å². The topological polar surface area (TPSA) is 29.3 Å². The maximum absolute atomic E-state index is 5.48. The van der Waals surface area contributed by atoms with Crippen molar-refractivity contribution in [3.63, 3.8) is 0 Å². The first-order valence-corrected chi connectivity index (χ1v) is 5.38. The van der Waals surface area contributed by atoms with Gasteiger partial charge in [0.1, 0.15) is 0 Å². The molecule has 0 aliphatic rings. The van der Waals surface area contributed by atoms with Crippen molar-refractivity contribution in [2.24, 2.45) is 5.73 Å². The largest absolute Gasteiger partial charge is 0.372 e. The predicted octanol–water partition coefficient (Wildman–Crippen LogP) is 2.25. The quantitative estimate of drug-likeness (QED) is 0.700. The van der Waals surface area contributed by atoms with Crippen LogP contribution in [0.15, 0.2) is 30.3 Å². The molecular formula is C12H20N2. The van der Waals surface area contributed by atoms with Crippen LogP contribution in [0.25, 0.3) is 0 Å². The van der Waals surface area contributed by atoms with Crippen LogP contribution < -0.4 is 10.6 Å². The molecule has 0 amide bonds. The summed E-state index contributed by atoms with van der Waals surface area (Å²) in [6.45, 7) is 5.16. The molecule has 0 saturated carbocycles. The van der Waals surface area contributed by atoms with E-state index in [9.17, 15) is 0 Å². The Morgan fingerprint density at radius 3 is 2.43 bits per heavy atom. The molecule has 0 fully saturated rings. The summed E-state index contributed by atoms with van der Waals surface area (Å²) in [5.41, 5.74) is 6.79. The summed E-state index contributed by atoms with van der Waals surface area (Å²) in [6.07, 6.45) is 2.29. The third-order valence-electron chi connectivity index (χ3n) is 2.39. The normalized spacial score (nSPS) is 10.1. The van der Waals surface area contributed by atoms with Crippen LogP contribution in [0.5, 0.6) is 0 Å². The van der Waals surface area contributed by atoms with Crippen LogP contribution in [0.4, 0.5) is 5.69 Å². The van der Waals surface area contributed by atoms with E-state index < -0.39 is 0 Å². The summed E-state index contributed by atoms with van der Waals surface area (Å²) in [4.78, 5) is 2.38. The van der Waals surface area contributed by atoms with Crippen molar-refractivity contribution in [1.29, 1.82) is 0 Å². The molecule has 1 rings (SSSR count). The number of unbranched alkanes of at least 4 members (excludes halogenated alkanes) is 1. The maximum atomic E-state index is 5.48. The maximum Gasteiger partial charge on any atom is 0.0366 e. The van der Waals surface area contributed by atoms with Crippen LogP contribution >= 0.6 is 0 Å². The minimum atomic E-state index is 0.798. The van der Waals surface area contributed by atoms with Crippen molar-refractivity contribution in [1.82, 2.24) is 0 Å². The summed E-state index contributed by atoms with van der Waals surface area (Å²) in [6, 6.07) is 10.5. The Balaban J connectivity index is 2.46. The van der Waals surface area contributed by atoms with E-state index in [2.05, 4.69) is 42.2 Å². The van der Waals surface area contributed by atoms with E-state index in [0.717, 1.165) is 26.1 Å². The van der Waals surface area contributed by atoms with E-state index in [1.165, 1.54) is 12.1 Å². The number of para-hydroxylation sites is 1. The van der Waals surface area contributed by atoms with E-state index >= 15 is 0 Å². The smallest absolute Gasteiger partial charge is 0.0366 e. The average molecular weight is 192 g/mol. The van der Waals surface area contributed by atoms with Gasteiger partial charge in [-0.2, -0.15) is 0 Å². The fourth-order valence-electron chi connectivity index (χ4n) is 1.56. The van der Waals surface area contributed by atoms with Gasteiger partial charge in [0.25, 0.3) is 0 Å². The molecule has 0 aliphatic heterocycles. The molecule has 0 radical (unpaired) electrons. The highest BCUT2D eigenvalue weighted by Crippen LogP contribution is 2.13. The van der Waals surface area contributed by atoms with E-state index in [0.29, 0.717) is 0 Å². The summed E-state index contributed by atoms with van der Waals surface area (Å²) < 4.78 is 0. The summed E-state index contributed by atoms with van der Waals surface area (Å²) >= 11 is 0. The van der Waals surface area contributed by atoms with Gasteiger partial charge in [-0.3, -0.25) is 0 Å². The van der Waals surface area contributed by atoms with E-state index in [-0.39, 0.29) is 0 Å². The molecule has 2 N–H and O–H groups in total. The molecular weight excluding hydrogens is 172 g/mol. The van der Waals surface area contributed by atoms with Crippen molar-refractivity contribution < 1.29 is 0 Å². The number of rotatable bonds is 6. The second-order valence-corrected chi connectivity index (χ2v) is 3.41. The molecule has 14 heavy (non-hydrogen) atoms. The summed E-state index contributed by atoms with van der Waals surface area (Å²) in [7, 11) is 0. The zero-order valence-electron chi connectivity index (χ0n) is 8.95. The molecule has 0 saturated heterocycles. The van der Waals surface area contributed by atoms with Gasteiger partial charge in [0, 0.05) is 18.8 Å². The van der Waals surface area contributed by atoms with Crippen molar-refractivity contribution in [3.05, 3.63) is 30.3 Å². The number of hydrogen-bond donors (Lipinski definition) is 1. The zero-order chi connectivity index (χ0) is 10.2. The van der Waals surface area contributed by atoms with Gasteiger partial charge in [-0.05, 0) is 38.4 Å². The van der Waals surface area contributed by atoms with Gasteiger partial charge in [-0.15, -0.1) is 0 Å². The lowest BCUT2D eigenvalue weighted by Crippen LogP contribution is -2.24. The second-order valence-electron chi connectivity index (χ2n) is 3.41. The Bertz CT molecular complexity index is 233. The Kier molecular flexibility index (Phi) is 5.08. The first-order valence-electron chi connectivity index (χ1n) is 5.38. The molecule has 0 aliphatic carbocycles. The SMILES string of the molecule is CCN(CCCCN)c1ccccc1. The van der Waals surface area contributed by atoms with Gasteiger partial charge in [-0.1, -0.05) is 18.2 Å². The molecule has 1 aromatic carbocycles. The first-order chi connectivity index (χ1) is 6.88. The Labute approximate surface area is 86.7 Å². The van der Waals surface area contributed by atoms with Crippen LogP contribution in [0, 0.1) is 0 Å². The number of benzene rings is 1. The van der Waals surface area contributed by atoms with Crippen molar-refractivity contribution in [3.8, 4) is 0 Å². The van der Waals surface area contributed by atoms with Crippen LogP contribution in [0.1, 0.15) is 19.8 Å². The average Bonchev–Trinajstić information content (AvgIpc) is 2.26. The molecule has 0 aromatic heterocycles. The molecule has 2 heteroatoms. The number of nitrogens with zero attached hydrogens (tertiary/aromatic N) is 1. The molecule has 1 aromatic rings. The Morgan fingerprint density at radius 1 is 1.14 bits per heavy atom. The third kappa shape index (κ3) is 3.38. The number of anilines is 1. The highest BCUT2D eigenvalue weighted by atomic mass is 15.1. The summed E-state index contributed by atoms with van der Waals surface area (Å²) in [5, 5.41) is 0. The lowest BCUT2D eigenvalue weighted by molar-refractivity contribution is 0.704. The molecule has 0 bridgehead atoms. The fraction of sp³-hybridized carbons (Fsp3) is 0.500. The van der Waals surface area contributed by atoms with Crippen molar-refractivity contribution >= 4 is 5.69 Å². The minimum absolute atomic E-state index is 0.798. The Morgan fingerprint density at radius 2 is 1.86 bits per heavy atom. The van der Waals surface area contributed by atoms with E-state index in [4.69, 9.17) is 5.73 Å². The third-order valence-corrected chi connectivity index (χ3v) is 2.39. The van der Waals surface area contributed by atoms with Gasteiger partial charge in [0.05, 0.1) is 0 Å².